The molecule has 0 saturated heterocycles. The highest BCUT2D eigenvalue weighted by atomic mass is 16.5. The van der Waals surface area contributed by atoms with Crippen molar-refractivity contribution in [2.75, 3.05) is 19.5 Å². The van der Waals surface area contributed by atoms with Crippen LogP contribution in [0.15, 0.2) is 59.5 Å². The van der Waals surface area contributed by atoms with Crippen LogP contribution < -0.4 is 31.0 Å². The van der Waals surface area contributed by atoms with E-state index in [1.807, 2.05) is 13.0 Å². The summed E-state index contributed by atoms with van der Waals surface area (Å²) in [7, 11) is 3.07. The lowest BCUT2D eigenvalue weighted by atomic mass is 10.0. The molecule has 1 atom stereocenters. The summed E-state index contributed by atoms with van der Waals surface area (Å²) in [6.07, 6.45) is 1.58. The summed E-state index contributed by atoms with van der Waals surface area (Å²) in [4.78, 5) is 31.7. The van der Waals surface area contributed by atoms with Gasteiger partial charge in [-0.2, -0.15) is 4.68 Å². The van der Waals surface area contributed by atoms with Gasteiger partial charge in [0.05, 0.1) is 19.8 Å². The maximum atomic E-state index is 13.0. The Labute approximate surface area is 217 Å². The van der Waals surface area contributed by atoms with E-state index in [0.29, 0.717) is 28.6 Å². The van der Waals surface area contributed by atoms with E-state index < -0.39 is 17.7 Å². The molecule has 0 spiro atoms. The Balaban J connectivity index is 1.85. The van der Waals surface area contributed by atoms with E-state index in [1.165, 1.54) is 25.8 Å². The van der Waals surface area contributed by atoms with Gasteiger partial charge < -0.3 is 25.3 Å². The molecule has 4 rings (SSSR count). The zero-order chi connectivity index (χ0) is 27.4. The Bertz CT molecular complexity index is 1540. The Hall–Kier alpha value is -5.13. The number of hydrogen-bond acceptors (Lipinski definition) is 9. The number of aromatic nitrogens is 4. The molecule has 4 aromatic rings. The summed E-state index contributed by atoms with van der Waals surface area (Å²) in [5.74, 6) is 1.02. The maximum absolute atomic E-state index is 13.0. The van der Waals surface area contributed by atoms with E-state index >= 15 is 0 Å². The van der Waals surface area contributed by atoms with Crippen LogP contribution >= 0.6 is 0 Å². The van der Waals surface area contributed by atoms with Gasteiger partial charge in [-0.15, -0.1) is 5.10 Å². The number of esters is 1. The van der Waals surface area contributed by atoms with E-state index in [9.17, 15) is 9.59 Å². The lowest BCUT2D eigenvalue weighted by molar-refractivity contribution is -0.131. The predicted octanol–water partition coefficient (Wildman–Crippen LogP) is 2.69. The van der Waals surface area contributed by atoms with Crippen LogP contribution in [-0.4, -0.2) is 45.8 Å². The molecule has 0 aliphatic carbocycles. The molecule has 0 bridgehead atoms. The predicted molar refractivity (Wildman–Crippen MR) is 140 cm³/mol. The van der Waals surface area contributed by atoms with Gasteiger partial charge >= 0.3 is 11.7 Å². The van der Waals surface area contributed by atoms with E-state index in [0.717, 1.165) is 5.56 Å². The van der Waals surface area contributed by atoms with Crippen molar-refractivity contribution in [1.82, 2.24) is 19.7 Å². The number of nitrogens with zero attached hydrogens (tertiary/aromatic N) is 3. The third-order valence-corrected chi connectivity index (χ3v) is 5.63. The molecular formula is C26H27N7O5. The van der Waals surface area contributed by atoms with Crippen molar-refractivity contribution in [1.29, 1.82) is 5.41 Å². The average Bonchev–Trinajstić information content (AvgIpc) is 3.27. The fourth-order valence-electron chi connectivity index (χ4n) is 3.86. The molecule has 0 aliphatic rings. The normalized spacial score (nSPS) is 11.5. The summed E-state index contributed by atoms with van der Waals surface area (Å²) in [6, 6.07) is 12.9. The lowest BCUT2D eigenvalue weighted by Gasteiger charge is -2.20. The number of nitrogens with one attached hydrogen (secondary N) is 3. The Morgan fingerprint density at radius 2 is 1.84 bits per heavy atom. The molecule has 0 unspecified atom stereocenters. The fraction of sp³-hybridized carbons (Fsp3) is 0.192. The van der Waals surface area contributed by atoms with Crippen LogP contribution in [0.1, 0.15) is 35.5 Å². The van der Waals surface area contributed by atoms with Crippen molar-refractivity contribution in [3.63, 3.8) is 0 Å². The monoisotopic (exact) mass is 517 g/mol. The average molecular weight is 518 g/mol. The van der Waals surface area contributed by atoms with Gasteiger partial charge in [-0.25, -0.2) is 9.78 Å². The van der Waals surface area contributed by atoms with Crippen molar-refractivity contribution in [2.24, 2.45) is 5.73 Å². The topological polar surface area (TPSA) is 170 Å². The number of aryl methyl sites for hydroxylation is 1. The minimum atomic E-state index is -0.717. The number of carbonyl (C=O) groups excluding carboxylic acids is 1. The highest BCUT2D eigenvalue weighted by Crippen LogP contribution is 2.33. The second-order valence-corrected chi connectivity index (χ2v) is 8.31. The number of carbonyl (C=O) groups is 1. The van der Waals surface area contributed by atoms with Crippen molar-refractivity contribution in [3.8, 4) is 23.1 Å². The quantitative estimate of drug-likeness (QED) is 0.113. The molecule has 0 saturated carbocycles. The van der Waals surface area contributed by atoms with Gasteiger partial charge in [-0.3, -0.25) is 15.2 Å². The standard InChI is InChI=1S/C26H27N7O5/c1-14-6-5-9-29-25(14)33-26(35)31-24(32-33)22(16-10-18(36-3)13-19(11-16)37-4)30-17-7-8-20(23(27)28)21(12-17)38-15(2)34/h5-13,22,30H,1-4H3,(H3,27,28)(H,31,32,35)/t22-/m0/s1. The van der Waals surface area contributed by atoms with Crippen molar-refractivity contribution < 1.29 is 19.0 Å². The SMILES string of the molecule is COc1cc(OC)cc([C@H](Nc2ccc(C(=N)N)c(OC(C)=O)c2)c2nn(-c3ncccc3C)c(=O)[nH]2)c1. The van der Waals surface area contributed by atoms with E-state index in [1.54, 1.807) is 48.7 Å². The highest BCUT2D eigenvalue weighted by molar-refractivity contribution is 5.98. The minimum absolute atomic E-state index is 0.111. The smallest absolute Gasteiger partial charge is 0.349 e. The number of anilines is 1. The number of aromatic amines is 1. The number of ether oxygens (including phenoxy) is 3. The molecule has 196 valence electrons. The molecule has 5 N–H and O–H groups in total. The van der Waals surface area contributed by atoms with Gasteiger partial charge in [0.25, 0.3) is 0 Å². The van der Waals surface area contributed by atoms with Crippen LogP contribution in [0.5, 0.6) is 17.2 Å². The van der Waals surface area contributed by atoms with Gasteiger partial charge in [-0.1, -0.05) is 6.07 Å². The van der Waals surface area contributed by atoms with Crippen molar-refractivity contribution in [3.05, 3.63) is 87.7 Å². The summed E-state index contributed by atoms with van der Waals surface area (Å²) in [5, 5.41) is 15.7. The Morgan fingerprint density at radius 3 is 2.45 bits per heavy atom. The first-order chi connectivity index (χ1) is 18.2. The summed E-state index contributed by atoms with van der Waals surface area (Å²) in [6.45, 7) is 3.09. The molecule has 2 aromatic carbocycles. The third kappa shape index (κ3) is 5.48. The van der Waals surface area contributed by atoms with Crippen LogP contribution in [-0.2, 0) is 4.79 Å². The van der Waals surface area contributed by atoms with E-state index in [2.05, 4.69) is 20.4 Å². The minimum Gasteiger partial charge on any atom is -0.497 e. The zero-order valence-electron chi connectivity index (χ0n) is 21.2. The largest absolute Gasteiger partial charge is 0.497 e. The number of pyridine rings is 1. The summed E-state index contributed by atoms with van der Waals surface area (Å²) >= 11 is 0. The summed E-state index contributed by atoms with van der Waals surface area (Å²) < 4.78 is 17.4. The number of benzene rings is 2. The molecule has 12 nitrogen and oxygen atoms in total. The molecule has 0 amide bonds. The number of methoxy groups -OCH3 is 2. The van der Waals surface area contributed by atoms with Crippen LogP contribution in [0.2, 0.25) is 0 Å². The van der Waals surface area contributed by atoms with Gasteiger partial charge in [0.1, 0.15) is 29.1 Å². The Kier molecular flexibility index (Phi) is 7.42. The number of nitrogen functional groups attached to an aromatic ring is 1. The number of nitrogens with two attached hydrogens (primary N) is 1. The molecule has 2 aromatic heterocycles. The van der Waals surface area contributed by atoms with Gasteiger partial charge in [0, 0.05) is 30.9 Å². The number of amidine groups is 1. The molecule has 2 heterocycles. The highest BCUT2D eigenvalue weighted by Gasteiger charge is 2.23. The number of H-pyrrole nitrogens is 1. The fourth-order valence-corrected chi connectivity index (χ4v) is 3.86. The molecular weight excluding hydrogens is 490 g/mol. The van der Waals surface area contributed by atoms with Crippen LogP contribution in [0.3, 0.4) is 0 Å². The number of hydrogen-bond donors (Lipinski definition) is 4. The second kappa shape index (κ2) is 10.9. The van der Waals surface area contributed by atoms with Gasteiger partial charge in [-0.05, 0) is 48.4 Å². The van der Waals surface area contributed by atoms with Crippen LogP contribution in [0.4, 0.5) is 5.69 Å². The molecule has 12 heteroatoms. The molecule has 38 heavy (non-hydrogen) atoms. The van der Waals surface area contributed by atoms with Crippen LogP contribution in [0.25, 0.3) is 5.82 Å². The van der Waals surface area contributed by atoms with Crippen LogP contribution in [0, 0.1) is 12.3 Å². The zero-order valence-corrected chi connectivity index (χ0v) is 21.2. The van der Waals surface area contributed by atoms with Crippen molar-refractivity contribution >= 4 is 17.5 Å². The third-order valence-electron chi connectivity index (χ3n) is 5.63. The van der Waals surface area contributed by atoms with Crippen molar-refractivity contribution in [2.45, 2.75) is 19.9 Å². The molecule has 0 radical (unpaired) electrons. The Morgan fingerprint density at radius 1 is 1.13 bits per heavy atom. The van der Waals surface area contributed by atoms with Gasteiger partial charge in [0.2, 0.25) is 0 Å². The number of rotatable bonds is 9. The van der Waals surface area contributed by atoms with E-state index in [-0.39, 0.29) is 23.0 Å². The van der Waals surface area contributed by atoms with Gasteiger partial charge in [0.15, 0.2) is 11.6 Å². The lowest BCUT2D eigenvalue weighted by Crippen LogP contribution is -2.18. The second-order valence-electron chi connectivity index (χ2n) is 8.31. The molecule has 0 aliphatic heterocycles. The molecule has 0 fully saturated rings. The maximum Gasteiger partial charge on any atom is 0.349 e. The first kappa shape index (κ1) is 25.9. The first-order valence-electron chi connectivity index (χ1n) is 11.5. The van der Waals surface area contributed by atoms with E-state index in [4.69, 9.17) is 25.4 Å². The summed E-state index contributed by atoms with van der Waals surface area (Å²) in [5.41, 5.74) is 7.37. The first-order valence-corrected chi connectivity index (χ1v) is 11.5.